The van der Waals surface area contributed by atoms with Gasteiger partial charge in [0.05, 0.1) is 0 Å². The minimum atomic E-state index is -0.907. The summed E-state index contributed by atoms with van der Waals surface area (Å²) in [6.45, 7) is 2.01. The Morgan fingerprint density at radius 3 is 2.65 bits per heavy atom. The number of aryl methyl sites for hydroxylation is 1. The highest BCUT2D eigenvalue weighted by Gasteiger charge is 2.38. The summed E-state index contributed by atoms with van der Waals surface area (Å²) in [5.74, 6) is -2.70. The summed E-state index contributed by atoms with van der Waals surface area (Å²) in [5, 5.41) is 4.01. The molecule has 8 heteroatoms. The van der Waals surface area contributed by atoms with Crippen molar-refractivity contribution < 1.29 is 18.0 Å². The molecule has 122 valence electrons. The van der Waals surface area contributed by atoms with Crippen LogP contribution in [0, 0.1) is 11.6 Å². The normalized spacial score (nSPS) is 18.0. The number of nitrogens with zero attached hydrogens (tertiary/aromatic N) is 3. The van der Waals surface area contributed by atoms with Gasteiger partial charge in [-0.3, -0.25) is 4.79 Å². The molecule has 1 fully saturated rings. The van der Waals surface area contributed by atoms with Gasteiger partial charge in [-0.25, -0.2) is 13.6 Å². The summed E-state index contributed by atoms with van der Waals surface area (Å²) in [6, 6.07) is 2.49. The second kappa shape index (κ2) is 5.94. The average Bonchev–Trinajstić information content (AvgIpc) is 3.03. The molecule has 1 aliphatic heterocycles. The Morgan fingerprint density at radius 1 is 1.30 bits per heavy atom. The topological polar surface area (TPSA) is 68.3 Å². The number of para-hydroxylation sites is 1. The molecule has 1 saturated heterocycles. The van der Waals surface area contributed by atoms with E-state index in [1.807, 2.05) is 6.92 Å². The van der Waals surface area contributed by atoms with Gasteiger partial charge in [-0.2, -0.15) is 4.68 Å². The molecule has 2 aromatic rings. The fourth-order valence-electron chi connectivity index (χ4n) is 2.70. The molecule has 3 rings (SSSR count). The van der Waals surface area contributed by atoms with E-state index in [9.17, 15) is 18.4 Å². The summed E-state index contributed by atoms with van der Waals surface area (Å²) in [5.41, 5.74) is -0.398. The van der Waals surface area contributed by atoms with Crippen molar-refractivity contribution in [1.82, 2.24) is 9.78 Å². The van der Waals surface area contributed by atoms with E-state index in [4.69, 9.17) is 4.42 Å². The highest BCUT2D eigenvalue weighted by molar-refractivity contribution is 5.98. The molecular formula is C15H15F2N3O3. The summed E-state index contributed by atoms with van der Waals surface area (Å²) in [4.78, 5) is 25.3. The van der Waals surface area contributed by atoms with Crippen molar-refractivity contribution in [2.45, 2.75) is 32.2 Å². The van der Waals surface area contributed by atoms with Crippen molar-refractivity contribution in [2.24, 2.45) is 0 Å². The average molecular weight is 323 g/mol. The molecule has 0 saturated carbocycles. The van der Waals surface area contributed by atoms with Crippen LogP contribution in [-0.4, -0.2) is 22.2 Å². The predicted octanol–water partition coefficient (Wildman–Crippen LogP) is 2.04. The molecule has 0 bridgehead atoms. The predicted molar refractivity (Wildman–Crippen MR) is 77.1 cm³/mol. The van der Waals surface area contributed by atoms with Gasteiger partial charge in [0.1, 0.15) is 23.4 Å². The number of carbonyl (C=O) groups is 1. The zero-order chi connectivity index (χ0) is 16.6. The van der Waals surface area contributed by atoms with Crippen molar-refractivity contribution in [3.63, 3.8) is 0 Å². The zero-order valence-corrected chi connectivity index (χ0v) is 12.5. The Morgan fingerprint density at radius 2 is 2.00 bits per heavy atom. The molecule has 1 aliphatic rings. The van der Waals surface area contributed by atoms with Crippen molar-refractivity contribution in [3.8, 4) is 0 Å². The lowest BCUT2D eigenvalue weighted by Crippen LogP contribution is -2.33. The van der Waals surface area contributed by atoms with E-state index in [1.54, 1.807) is 0 Å². The molecular weight excluding hydrogens is 308 g/mol. The molecule has 1 amide bonds. The quantitative estimate of drug-likeness (QED) is 0.863. The van der Waals surface area contributed by atoms with Crippen molar-refractivity contribution in [3.05, 3.63) is 46.3 Å². The van der Waals surface area contributed by atoms with Crippen molar-refractivity contribution >= 4 is 11.6 Å². The van der Waals surface area contributed by atoms with Gasteiger partial charge in [0.2, 0.25) is 5.89 Å². The van der Waals surface area contributed by atoms with Crippen LogP contribution < -0.4 is 10.7 Å². The van der Waals surface area contributed by atoms with Gasteiger partial charge in [-0.1, -0.05) is 13.0 Å². The summed E-state index contributed by atoms with van der Waals surface area (Å²) in [7, 11) is 0. The number of hydrogen-bond donors (Lipinski definition) is 0. The zero-order valence-electron chi connectivity index (χ0n) is 12.5. The van der Waals surface area contributed by atoms with Crippen LogP contribution in [0.25, 0.3) is 0 Å². The third kappa shape index (κ3) is 2.64. The van der Waals surface area contributed by atoms with Crippen LogP contribution in [-0.2, 0) is 11.2 Å². The lowest BCUT2D eigenvalue weighted by Gasteiger charge is -2.17. The number of amides is 1. The largest absolute Gasteiger partial charge is 0.437 e. The van der Waals surface area contributed by atoms with Crippen LogP contribution in [0.2, 0.25) is 0 Å². The maximum atomic E-state index is 13.9. The number of halogens is 2. The van der Waals surface area contributed by atoms with Crippen LogP contribution in [0.3, 0.4) is 0 Å². The van der Waals surface area contributed by atoms with Crippen LogP contribution in [0.5, 0.6) is 0 Å². The first kappa shape index (κ1) is 15.4. The highest BCUT2D eigenvalue weighted by Crippen LogP contribution is 2.31. The summed E-state index contributed by atoms with van der Waals surface area (Å²) >= 11 is 0. The number of carbonyl (C=O) groups excluding carboxylic acids is 1. The van der Waals surface area contributed by atoms with E-state index in [2.05, 4.69) is 5.10 Å². The van der Waals surface area contributed by atoms with Crippen LogP contribution >= 0.6 is 0 Å². The molecule has 0 unspecified atom stereocenters. The minimum Gasteiger partial charge on any atom is -0.392 e. The third-order valence-corrected chi connectivity index (χ3v) is 3.76. The first-order valence-corrected chi connectivity index (χ1v) is 7.36. The van der Waals surface area contributed by atoms with Gasteiger partial charge >= 0.3 is 5.76 Å². The van der Waals surface area contributed by atoms with Crippen molar-refractivity contribution in [2.75, 3.05) is 11.4 Å². The van der Waals surface area contributed by atoms with E-state index in [1.165, 1.54) is 6.07 Å². The molecule has 0 N–H and O–H groups in total. The van der Waals surface area contributed by atoms with E-state index >= 15 is 0 Å². The van der Waals surface area contributed by atoms with Crippen LogP contribution in [0.15, 0.2) is 27.4 Å². The summed E-state index contributed by atoms with van der Waals surface area (Å²) in [6.07, 6.45) is 1.45. The van der Waals surface area contributed by atoms with E-state index < -0.39 is 35.0 Å². The Labute approximate surface area is 130 Å². The lowest BCUT2D eigenvalue weighted by atomic mass is 10.2. The second-order valence-corrected chi connectivity index (χ2v) is 5.32. The van der Waals surface area contributed by atoms with Gasteiger partial charge in [0, 0.05) is 13.0 Å². The number of hydrogen-bond acceptors (Lipinski definition) is 4. The Kier molecular flexibility index (Phi) is 3.97. The SMILES string of the molecule is CCCc1nn([C@@H]2CCN(c3c(F)cccc3F)C2=O)c(=O)o1. The number of anilines is 1. The first-order valence-electron chi connectivity index (χ1n) is 7.36. The van der Waals surface area contributed by atoms with Gasteiger partial charge in [-0.15, -0.1) is 5.10 Å². The van der Waals surface area contributed by atoms with Crippen LogP contribution in [0.4, 0.5) is 14.5 Å². The molecule has 1 aromatic heterocycles. The Hall–Kier alpha value is -2.51. The number of benzene rings is 1. The summed E-state index contributed by atoms with van der Waals surface area (Å²) < 4.78 is 33.7. The van der Waals surface area contributed by atoms with E-state index in [0.717, 1.165) is 28.1 Å². The van der Waals surface area contributed by atoms with Gasteiger partial charge in [-0.05, 0) is 25.0 Å². The standard InChI is InChI=1S/C15H15F2N3O3/c1-2-4-12-18-20(15(22)23-12)11-7-8-19(14(11)21)13-9(16)5-3-6-10(13)17/h3,5-6,11H,2,4,7-8H2,1H3/t11-/m1/s1. The Bertz CT molecular complexity index is 779. The minimum absolute atomic E-state index is 0.101. The molecule has 0 aliphatic carbocycles. The molecule has 1 atom stereocenters. The fraction of sp³-hybridized carbons (Fsp3) is 0.400. The van der Waals surface area contributed by atoms with E-state index in [0.29, 0.717) is 6.42 Å². The Balaban J connectivity index is 1.92. The number of aromatic nitrogens is 2. The van der Waals surface area contributed by atoms with Gasteiger partial charge in [0.15, 0.2) is 0 Å². The molecule has 23 heavy (non-hydrogen) atoms. The third-order valence-electron chi connectivity index (χ3n) is 3.76. The van der Waals surface area contributed by atoms with Crippen LogP contribution in [0.1, 0.15) is 31.7 Å². The first-order chi connectivity index (χ1) is 11.0. The maximum Gasteiger partial charge on any atom is 0.437 e. The highest BCUT2D eigenvalue weighted by atomic mass is 19.1. The molecule has 6 nitrogen and oxygen atoms in total. The fourth-order valence-corrected chi connectivity index (χ4v) is 2.70. The second-order valence-electron chi connectivity index (χ2n) is 5.32. The molecule has 1 aromatic carbocycles. The lowest BCUT2D eigenvalue weighted by molar-refractivity contribution is -0.120. The van der Waals surface area contributed by atoms with Gasteiger partial charge in [0.25, 0.3) is 5.91 Å². The molecule has 2 heterocycles. The monoisotopic (exact) mass is 323 g/mol. The number of rotatable bonds is 4. The van der Waals surface area contributed by atoms with E-state index in [-0.39, 0.29) is 18.9 Å². The molecule has 0 radical (unpaired) electrons. The van der Waals surface area contributed by atoms with Gasteiger partial charge < -0.3 is 9.32 Å². The maximum absolute atomic E-state index is 13.9. The smallest absolute Gasteiger partial charge is 0.392 e. The molecule has 0 spiro atoms. The van der Waals surface area contributed by atoms with Crippen molar-refractivity contribution in [1.29, 1.82) is 0 Å².